The number of rotatable bonds is 8. The molecule has 6 nitrogen and oxygen atoms in total. The standard InChI is InChI=1S/C24H18N4O2S2/c25-14-17-10-12-18(13-11-17)16-31-24-28-27-23(32-24)26-22(29)21-9-5-4-6-19(21)15-30-20-7-2-1-3-8-20/h1-13H,15-16H2,(H,26,27,29). The first-order valence-corrected chi connectivity index (χ1v) is 11.5. The highest BCUT2D eigenvalue weighted by atomic mass is 32.2. The van der Waals surface area contributed by atoms with Crippen LogP contribution < -0.4 is 10.1 Å². The summed E-state index contributed by atoms with van der Waals surface area (Å²) in [7, 11) is 0. The summed E-state index contributed by atoms with van der Waals surface area (Å²) in [5, 5.41) is 20.4. The molecule has 0 unspecified atom stereocenters. The smallest absolute Gasteiger partial charge is 0.257 e. The number of nitrogens with zero attached hydrogens (tertiary/aromatic N) is 3. The molecule has 1 amide bonds. The lowest BCUT2D eigenvalue weighted by atomic mass is 10.1. The van der Waals surface area contributed by atoms with Crippen LogP contribution in [0.1, 0.15) is 27.0 Å². The summed E-state index contributed by atoms with van der Waals surface area (Å²) >= 11 is 2.85. The second-order valence-electron chi connectivity index (χ2n) is 6.68. The Bertz CT molecular complexity index is 1230. The van der Waals surface area contributed by atoms with E-state index in [0.29, 0.717) is 22.0 Å². The molecule has 0 fully saturated rings. The van der Waals surface area contributed by atoms with Gasteiger partial charge in [0.1, 0.15) is 12.4 Å². The number of carbonyl (C=O) groups is 1. The Morgan fingerprint density at radius 1 is 1.00 bits per heavy atom. The van der Waals surface area contributed by atoms with Crippen molar-refractivity contribution >= 4 is 34.1 Å². The quantitative estimate of drug-likeness (QED) is 0.276. The zero-order chi connectivity index (χ0) is 22.2. The molecule has 4 rings (SSSR count). The molecule has 1 heterocycles. The van der Waals surface area contributed by atoms with Crippen molar-refractivity contribution in [3.8, 4) is 11.8 Å². The van der Waals surface area contributed by atoms with Gasteiger partial charge in [-0.3, -0.25) is 10.1 Å². The van der Waals surface area contributed by atoms with E-state index >= 15 is 0 Å². The second-order valence-corrected chi connectivity index (χ2v) is 8.88. The fourth-order valence-electron chi connectivity index (χ4n) is 2.85. The van der Waals surface area contributed by atoms with Crippen molar-refractivity contribution in [3.63, 3.8) is 0 Å². The highest BCUT2D eigenvalue weighted by molar-refractivity contribution is 8.00. The molecule has 0 radical (unpaired) electrons. The number of thioether (sulfide) groups is 1. The first-order valence-electron chi connectivity index (χ1n) is 9.74. The van der Waals surface area contributed by atoms with E-state index in [1.165, 1.54) is 23.1 Å². The SMILES string of the molecule is N#Cc1ccc(CSc2nnc(NC(=O)c3ccccc3COc3ccccc3)s2)cc1. The molecule has 0 aliphatic rings. The lowest BCUT2D eigenvalue weighted by Crippen LogP contribution is -2.15. The van der Waals surface area contributed by atoms with Gasteiger partial charge in [0.05, 0.1) is 11.6 Å². The predicted molar refractivity (Wildman–Crippen MR) is 126 cm³/mol. The molecule has 0 spiro atoms. The fourth-order valence-corrected chi connectivity index (χ4v) is 4.55. The fraction of sp³-hybridized carbons (Fsp3) is 0.0833. The highest BCUT2D eigenvalue weighted by Crippen LogP contribution is 2.29. The zero-order valence-corrected chi connectivity index (χ0v) is 18.5. The molecule has 4 aromatic rings. The minimum absolute atomic E-state index is 0.253. The third-order valence-corrected chi connectivity index (χ3v) is 6.51. The second kappa shape index (κ2) is 10.6. The number of anilines is 1. The van der Waals surface area contributed by atoms with Crippen LogP contribution in [0.3, 0.4) is 0 Å². The Morgan fingerprint density at radius 3 is 2.53 bits per heavy atom. The normalized spacial score (nSPS) is 10.3. The molecule has 3 aromatic carbocycles. The maximum absolute atomic E-state index is 12.8. The topological polar surface area (TPSA) is 87.9 Å². The molecule has 158 valence electrons. The van der Waals surface area contributed by atoms with E-state index in [1.807, 2.05) is 60.7 Å². The van der Waals surface area contributed by atoms with Gasteiger partial charge < -0.3 is 4.74 Å². The molecule has 1 N–H and O–H groups in total. The van der Waals surface area contributed by atoms with E-state index in [4.69, 9.17) is 10.00 Å². The average molecular weight is 459 g/mol. The predicted octanol–water partition coefficient (Wildman–Crippen LogP) is 5.53. The molecule has 32 heavy (non-hydrogen) atoms. The van der Waals surface area contributed by atoms with E-state index in [-0.39, 0.29) is 12.5 Å². The van der Waals surface area contributed by atoms with Crippen LogP contribution in [-0.2, 0) is 12.4 Å². The van der Waals surface area contributed by atoms with Crippen molar-refractivity contribution in [2.45, 2.75) is 16.7 Å². The maximum atomic E-state index is 12.8. The third-order valence-electron chi connectivity index (χ3n) is 4.47. The summed E-state index contributed by atoms with van der Waals surface area (Å²) < 4.78 is 6.55. The largest absolute Gasteiger partial charge is 0.489 e. The van der Waals surface area contributed by atoms with Gasteiger partial charge in [-0.15, -0.1) is 10.2 Å². The van der Waals surface area contributed by atoms with Gasteiger partial charge in [0, 0.05) is 16.9 Å². The third kappa shape index (κ3) is 5.72. The van der Waals surface area contributed by atoms with Crippen molar-refractivity contribution in [1.82, 2.24) is 10.2 Å². The van der Waals surface area contributed by atoms with E-state index in [1.54, 1.807) is 18.2 Å². The molecule has 0 atom stereocenters. The zero-order valence-electron chi connectivity index (χ0n) is 16.9. The Labute approximate surface area is 193 Å². The highest BCUT2D eigenvalue weighted by Gasteiger charge is 2.14. The molecule has 8 heteroatoms. The van der Waals surface area contributed by atoms with Crippen LogP contribution >= 0.6 is 23.1 Å². The van der Waals surface area contributed by atoms with Crippen LogP contribution in [0, 0.1) is 11.3 Å². The maximum Gasteiger partial charge on any atom is 0.257 e. The van der Waals surface area contributed by atoms with Gasteiger partial charge in [-0.05, 0) is 35.9 Å². The molecule has 0 bridgehead atoms. The number of nitriles is 1. The summed E-state index contributed by atoms with van der Waals surface area (Å²) in [6.45, 7) is 0.287. The van der Waals surface area contributed by atoms with Gasteiger partial charge in [-0.2, -0.15) is 5.26 Å². The molecule has 0 aliphatic carbocycles. The molecule has 1 aromatic heterocycles. The number of aromatic nitrogens is 2. The van der Waals surface area contributed by atoms with Crippen LogP contribution in [0.25, 0.3) is 0 Å². The number of nitrogens with one attached hydrogen (secondary N) is 1. The van der Waals surface area contributed by atoms with E-state index < -0.39 is 0 Å². The number of hydrogen-bond donors (Lipinski definition) is 1. The molecule has 0 saturated carbocycles. The summed E-state index contributed by atoms with van der Waals surface area (Å²) in [5.74, 6) is 1.20. The first-order chi connectivity index (χ1) is 15.7. The first kappa shape index (κ1) is 21.6. The van der Waals surface area contributed by atoms with Crippen LogP contribution in [0.5, 0.6) is 5.75 Å². The number of benzene rings is 3. The van der Waals surface area contributed by atoms with Crippen molar-refractivity contribution in [1.29, 1.82) is 5.26 Å². The van der Waals surface area contributed by atoms with Crippen molar-refractivity contribution in [2.75, 3.05) is 5.32 Å². The van der Waals surface area contributed by atoms with Gasteiger partial charge >= 0.3 is 0 Å². The number of para-hydroxylation sites is 1. The number of amides is 1. The Kier molecular flexibility index (Phi) is 7.12. The van der Waals surface area contributed by atoms with Crippen molar-refractivity contribution in [2.24, 2.45) is 0 Å². The van der Waals surface area contributed by atoms with Crippen LogP contribution in [-0.4, -0.2) is 16.1 Å². The van der Waals surface area contributed by atoms with Crippen molar-refractivity contribution < 1.29 is 9.53 Å². The van der Waals surface area contributed by atoms with Gasteiger partial charge in [0.15, 0.2) is 4.34 Å². The molecular formula is C24H18N4O2S2. The lowest BCUT2D eigenvalue weighted by Gasteiger charge is -2.10. The van der Waals surface area contributed by atoms with E-state index in [0.717, 1.165) is 21.2 Å². The van der Waals surface area contributed by atoms with Crippen LogP contribution in [0.4, 0.5) is 5.13 Å². The Balaban J connectivity index is 1.36. The molecular weight excluding hydrogens is 440 g/mol. The van der Waals surface area contributed by atoms with Gasteiger partial charge in [-0.1, -0.05) is 71.6 Å². The van der Waals surface area contributed by atoms with Crippen LogP contribution in [0.15, 0.2) is 83.2 Å². The molecule has 0 saturated heterocycles. The van der Waals surface area contributed by atoms with Gasteiger partial charge in [0.2, 0.25) is 5.13 Å². The lowest BCUT2D eigenvalue weighted by molar-refractivity contribution is 0.102. The monoisotopic (exact) mass is 458 g/mol. The van der Waals surface area contributed by atoms with Crippen LogP contribution in [0.2, 0.25) is 0 Å². The van der Waals surface area contributed by atoms with E-state index in [9.17, 15) is 4.79 Å². The minimum atomic E-state index is -0.253. The van der Waals surface area contributed by atoms with Crippen molar-refractivity contribution in [3.05, 3.63) is 101 Å². The Morgan fingerprint density at radius 2 is 1.75 bits per heavy atom. The van der Waals surface area contributed by atoms with E-state index in [2.05, 4.69) is 21.6 Å². The number of hydrogen-bond acceptors (Lipinski definition) is 7. The summed E-state index contributed by atoms with van der Waals surface area (Å²) in [6.07, 6.45) is 0. The minimum Gasteiger partial charge on any atom is -0.489 e. The summed E-state index contributed by atoms with van der Waals surface area (Å²) in [6, 6.07) is 26.3. The van der Waals surface area contributed by atoms with Gasteiger partial charge in [-0.25, -0.2) is 0 Å². The number of carbonyl (C=O) groups excluding carboxylic acids is 1. The summed E-state index contributed by atoms with van der Waals surface area (Å²) in [4.78, 5) is 12.8. The van der Waals surface area contributed by atoms with Gasteiger partial charge in [0.25, 0.3) is 5.91 Å². The molecule has 0 aliphatic heterocycles. The summed E-state index contributed by atoms with van der Waals surface area (Å²) in [5.41, 5.74) is 3.04. The average Bonchev–Trinajstić information content (AvgIpc) is 3.29. The number of ether oxygens (including phenoxy) is 1. The Hall–Kier alpha value is -3.67.